The maximum atomic E-state index is 12.3. The van der Waals surface area contributed by atoms with Crippen LogP contribution in [0, 0.1) is 5.92 Å². The topological polar surface area (TPSA) is 94.3 Å². The molecule has 1 saturated carbocycles. The number of ether oxygens (including phenoxy) is 3. The Bertz CT molecular complexity index is 913. The van der Waals surface area contributed by atoms with Gasteiger partial charge in [-0.1, -0.05) is 12.5 Å². The van der Waals surface area contributed by atoms with Crippen molar-refractivity contribution < 1.29 is 28.6 Å². The second-order valence-electron chi connectivity index (χ2n) is 9.85. The Hall–Kier alpha value is -2.48. The predicted molar refractivity (Wildman–Crippen MR) is 119 cm³/mol. The van der Waals surface area contributed by atoms with Crippen molar-refractivity contribution in [3.05, 3.63) is 18.2 Å². The average molecular weight is 447 g/mol. The highest BCUT2D eigenvalue weighted by molar-refractivity contribution is 5.88. The largest absolute Gasteiger partial charge is 0.487 e. The summed E-state index contributed by atoms with van der Waals surface area (Å²) in [6, 6.07) is 5.56. The lowest BCUT2D eigenvalue weighted by Gasteiger charge is -2.33. The molecule has 2 aromatic rings. The van der Waals surface area contributed by atoms with E-state index < -0.39 is 11.7 Å². The molecule has 8 heteroatoms. The molecule has 0 spiro atoms. The van der Waals surface area contributed by atoms with Crippen LogP contribution in [0.3, 0.4) is 0 Å². The molecule has 1 aliphatic heterocycles. The molecule has 176 valence electrons. The quantitative estimate of drug-likeness (QED) is 0.721. The van der Waals surface area contributed by atoms with Gasteiger partial charge in [0.05, 0.1) is 12.7 Å². The monoisotopic (exact) mass is 446 g/mol. The van der Waals surface area contributed by atoms with Crippen LogP contribution in [0.5, 0.6) is 11.6 Å². The number of hydrogen-bond donors (Lipinski definition) is 1. The van der Waals surface area contributed by atoms with Gasteiger partial charge in [0, 0.05) is 13.1 Å². The van der Waals surface area contributed by atoms with Crippen LogP contribution in [0.1, 0.15) is 59.3 Å². The Morgan fingerprint density at radius 1 is 1.19 bits per heavy atom. The number of hydrogen-bond acceptors (Lipinski definition) is 7. The molecule has 0 unspecified atom stereocenters. The van der Waals surface area contributed by atoms with Crippen molar-refractivity contribution in [2.45, 2.75) is 77.1 Å². The van der Waals surface area contributed by atoms with Crippen molar-refractivity contribution >= 4 is 17.1 Å². The van der Waals surface area contributed by atoms with Crippen LogP contribution in [0.25, 0.3) is 11.0 Å². The summed E-state index contributed by atoms with van der Waals surface area (Å²) in [7, 11) is 0. The van der Waals surface area contributed by atoms with Gasteiger partial charge in [-0.05, 0) is 76.1 Å². The number of carbonyl (C=O) groups excluding carboxylic acids is 1. The number of likely N-dealkylation sites (tertiary alicyclic amines) is 1. The number of aromatic nitrogens is 1. The first-order valence-corrected chi connectivity index (χ1v) is 11.6. The summed E-state index contributed by atoms with van der Waals surface area (Å²) in [6.07, 6.45) is 4.40. The van der Waals surface area contributed by atoms with Gasteiger partial charge in [-0.2, -0.15) is 0 Å². The number of amides is 1. The van der Waals surface area contributed by atoms with Crippen LogP contribution < -0.4 is 9.47 Å². The van der Waals surface area contributed by atoms with Crippen LogP contribution in [0.15, 0.2) is 22.7 Å². The molecule has 1 aliphatic carbocycles. The minimum Gasteiger partial charge on any atom is -0.487 e. The summed E-state index contributed by atoms with van der Waals surface area (Å²) in [5, 5.41) is 15.1. The van der Waals surface area contributed by atoms with E-state index in [0.717, 1.165) is 38.5 Å². The Labute approximate surface area is 188 Å². The van der Waals surface area contributed by atoms with Crippen molar-refractivity contribution in [2.24, 2.45) is 5.92 Å². The van der Waals surface area contributed by atoms with Crippen LogP contribution in [0.2, 0.25) is 0 Å². The molecule has 1 N–H and O–H groups in total. The number of rotatable bonds is 5. The van der Waals surface area contributed by atoms with Crippen molar-refractivity contribution in [3.63, 3.8) is 0 Å². The summed E-state index contributed by atoms with van der Waals surface area (Å²) in [5.74, 6) is 1.36. The molecule has 8 nitrogen and oxygen atoms in total. The highest BCUT2D eigenvalue weighted by Gasteiger charge is 2.29. The van der Waals surface area contributed by atoms with Gasteiger partial charge < -0.3 is 28.7 Å². The zero-order valence-corrected chi connectivity index (χ0v) is 19.2. The fourth-order valence-corrected chi connectivity index (χ4v) is 4.31. The number of fused-ring (bicyclic) bond motifs is 1. The second kappa shape index (κ2) is 9.57. The Morgan fingerprint density at radius 2 is 1.94 bits per heavy atom. The summed E-state index contributed by atoms with van der Waals surface area (Å²) < 4.78 is 23.1. The second-order valence-corrected chi connectivity index (χ2v) is 9.85. The first-order chi connectivity index (χ1) is 15.3. The first kappa shape index (κ1) is 22.7. The lowest BCUT2D eigenvalue weighted by molar-refractivity contribution is 0.00758. The van der Waals surface area contributed by atoms with Crippen LogP contribution in [-0.4, -0.2) is 58.8 Å². The van der Waals surface area contributed by atoms with Crippen LogP contribution in [0.4, 0.5) is 4.79 Å². The number of benzene rings is 1. The third-order valence-electron chi connectivity index (χ3n) is 6.10. The van der Waals surface area contributed by atoms with Crippen molar-refractivity contribution in [1.29, 1.82) is 0 Å². The van der Waals surface area contributed by atoms with E-state index in [-0.39, 0.29) is 12.2 Å². The molecule has 2 fully saturated rings. The molecule has 1 aromatic heterocycles. The van der Waals surface area contributed by atoms with E-state index in [1.807, 2.05) is 39.0 Å². The smallest absolute Gasteiger partial charge is 0.410 e. The maximum Gasteiger partial charge on any atom is 0.410 e. The molecular weight excluding hydrogens is 412 g/mol. The summed E-state index contributed by atoms with van der Waals surface area (Å²) in [6.45, 7) is 7.42. The minimum absolute atomic E-state index is 0.228. The Balaban J connectivity index is 1.36. The highest BCUT2D eigenvalue weighted by Crippen LogP contribution is 2.36. The van der Waals surface area contributed by atoms with Gasteiger partial charge >= 0.3 is 6.09 Å². The van der Waals surface area contributed by atoms with E-state index >= 15 is 0 Å². The molecule has 2 atom stereocenters. The van der Waals surface area contributed by atoms with E-state index in [2.05, 4.69) is 5.16 Å². The van der Waals surface area contributed by atoms with Gasteiger partial charge in [-0.15, -0.1) is 0 Å². The molecule has 4 rings (SSSR count). The molecule has 2 heterocycles. The molecule has 0 radical (unpaired) electrons. The van der Waals surface area contributed by atoms with Crippen LogP contribution in [-0.2, 0) is 4.74 Å². The van der Waals surface area contributed by atoms with Gasteiger partial charge in [-0.3, -0.25) is 0 Å². The maximum absolute atomic E-state index is 12.3. The number of aliphatic hydroxyl groups is 1. The number of carbonyl (C=O) groups is 1. The minimum atomic E-state index is -0.488. The average Bonchev–Trinajstić information content (AvgIpc) is 3.17. The fraction of sp³-hybridized carbons (Fsp3) is 0.667. The van der Waals surface area contributed by atoms with Crippen molar-refractivity contribution in [2.75, 3.05) is 19.7 Å². The van der Waals surface area contributed by atoms with Crippen molar-refractivity contribution in [3.8, 4) is 11.6 Å². The molecule has 1 amide bonds. The van der Waals surface area contributed by atoms with E-state index in [1.165, 1.54) is 0 Å². The molecule has 1 saturated heterocycles. The third-order valence-corrected chi connectivity index (χ3v) is 6.10. The third kappa shape index (κ3) is 5.46. The molecule has 1 aromatic carbocycles. The van der Waals surface area contributed by atoms with Gasteiger partial charge in [0.1, 0.15) is 22.8 Å². The van der Waals surface area contributed by atoms with E-state index in [0.29, 0.717) is 48.2 Å². The highest BCUT2D eigenvalue weighted by atomic mass is 16.6. The van der Waals surface area contributed by atoms with Gasteiger partial charge in [0.2, 0.25) is 0 Å². The zero-order chi connectivity index (χ0) is 22.7. The number of aliphatic hydroxyl groups excluding tert-OH is 1. The standard InChI is InChI=1S/C24H34N2O6/c1-24(2,3)31-23(28)26-13-11-16(12-14-26)15-29-22-21-19(9-6-10-20(21)32-25-22)30-18-8-5-4-7-17(18)27/h6,9-10,16-18,27H,4-5,7-8,11-15H2,1-3H3/t17-,18-/m1/s1. The Kier molecular flexibility index (Phi) is 6.79. The van der Waals surface area contributed by atoms with Gasteiger partial charge in [0.15, 0.2) is 5.58 Å². The SMILES string of the molecule is CC(C)(C)OC(=O)N1CCC(COc2noc3cccc(O[C@@H]4CCCC[C@H]4O)c23)CC1. The predicted octanol–water partition coefficient (Wildman–Crippen LogP) is 4.54. The van der Waals surface area contributed by atoms with E-state index in [4.69, 9.17) is 18.7 Å². The van der Waals surface area contributed by atoms with Gasteiger partial charge in [0.25, 0.3) is 5.88 Å². The fourth-order valence-electron chi connectivity index (χ4n) is 4.31. The lowest BCUT2D eigenvalue weighted by Crippen LogP contribution is -2.42. The lowest BCUT2D eigenvalue weighted by atomic mass is 9.95. The zero-order valence-electron chi connectivity index (χ0n) is 19.2. The number of piperidine rings is 1. The van der Waals surface area contributed by atoms with Gasteiger partial charge in [-0.25, -0.2) is 4.79 Å². The summed E-state index contributed by atoms with van der Waals surface area (Å²) in [5.41, 5.74) is 0.112. The van der Waals surface area contributed by atoms with Crippen LogP contribution >= 0.6 is 0 Å². The van der Waals surface area contributed by atoms with E-state index in [9.17, 15) is 9.90 Å². The normalized spacial score (nSPS) is 22.7. The summed E-state index contributed by atoms with van der Waals surface area (Å²) in [4.78, 5) is 14.0. The first-order valence-electron chi connectivity index (χ1n) is 11.6. The molecule has 0 bridgehead atoms. The summed E-state index contributed by atoms with van der Waals surface area (Å²) >= 11 is 0. The molecular formula is C24H34N2O6. The van der Waals surface area contributed by atoms with Crippen molar-refractivity contribution in [1.82, 2.24) is 10.1 Å². The molecule has 2 aliphatic rings. The molecule has 32 heavy (non-hydrogen) atoms. The number of nitrogens with zero attached hydrogens (tertiary/aromatic N) is 2. The Morgan fingerprint density at radius 3 is 2.66 bits per heavy atom. The van der Waals surface area contributed by atoms with E-state index in [1.54, 1.807) is 4.90 Å².